The quantitative estimate of drug-likeness (QED) is 0.823. The molecule has 2 aromatic rings. The number of carbonyl (C=O) groups is 1. The molecule has 0 aliphatic heterocycles. The monoisotopic (exact) mass is 356 g/mol. The molecule has 2 amide bonds. The van der Waals surface area contributed by atoms with E-state index in [0.29, 0.717) is 12.5 Å². The number of anilines is 1. The minimum absolute atomic E-state index is 0.251. The Balaban J connectivity index is 1.59. The lowest BCUT2D eigenvalue weighted by molar-refractivity contribution is 0.165. The van der Waals surface area contributed by atoms with Gasteiger partial charge in [-0.1, -0.05) is 31.4 Å². The first kappa shape index (κ1) is 18.5. The number of rotatable bonds is 6. The number of aryl methyl sites for hydroxylation is 1. The summed E-state index contributed by atoms with van der Waals surface area (Å²) in [4.78, 5) is 12.4. The topological polar surface area (TPSA) is 68.2 Å². The molecular weight excluding hydrogens is 328 g/mol. The van der Waals surface area contributed by atoms with E-state index in [-0.39, 0.29) is 12.1 Å². The molecule has 140 valence electrons. The van der Waals surface area contributed by atoms with Gasteiger partial charge in [0.05, 0.1) is 18.3 Å². The van der Waals surface area contributed by atoms with Crippen LogP contribution in [0.1, 0.15) is 55.3 Å². The average molecular weight is 356 g/mol. The highest BCUT2D eigenvalue weighted by molar-refractivity contribution is 5.89. The summed E-state index contributed by atoms with van der Waals surface area (Å²) in [6, 6.07) is 9.62. The zero-order chi connectivity index (χ0) is 18.4. The molecule has 0 unspecified atom stereocenters. The van der Waals surface area contributed by atoms with E-state index in [1.807, 2.05) is 25.2 Å². The Kier molecular flexibility index (Phi) is 6.28. The summed E-state index contributed by atoms with van der Waals surface area (Å²) >= 11 is 0. The van der Waals surface area contributed by atoms with Gasteiger partial charge < -0.3 is 15.4 Å². The van der Waals surface area contributed by atoms with Crippen LogP contribution in [-0.4, -0.2) is 29.5 Å². The van der Waals surface area contributed by atoms with Gasteiger partial charge in [0.25, 0.3) is 0 Å². The van der Waals surface area contributed by atoms with E-state index in [9.17, 15) is 4.79 Å². The standard InChI is InChI=1S/C20H28N4O2/c1-24-19(12-13-21-24)18(14-26-2)23-20(25)22-17-10-8-16(9-11-17)15-6-4-3-5-7-15/h8-13,15,18H,3-7,14H2,1-2H3,(H2,22,23,25)/t18-/m0/s1. The Morgan fingerprint density at radius 3 is 2.58 bits per heavy atom. The molecule has 1 aliphatic rings. The van der Waals surface area contributed by atoms with Crippen LogP contribution < -0.4 is 10.6 Å². The molecule has 1 atom stereocenters. The van der Waals surface area contributed by atoms with Gasteiger partial charge in [0.15, 0.2) is 0 Å². The fourth-order valence-corrected chi connectivity index (χ4v) is 3.69. The number of nitrogens with one attached hydrogen (secondary N) is 2. The van der Waals surface area contributed by atoms with Crippen molar-refractivity contribution in [2.24, 2.45) is 7.05 Å². The van der Waals surface area contributed by atoms with Crippen LogP contribution in [0.15, 0.2) is 36.5 Å². The van der Waals surface area contributed by atoms with Gasteiger partial charge >= 0.3 is 6.03 Å². The van der Waals surface area contributed by atoms with E-state index in [1.54, 1.807) is 18.0 Å². The summed E-state index contributed by atoms with van der Waals surface area (Å²) in [5, 5.41) is 10.0. The molecule has 1 heterocycles. The van der Waals surface area contributed by atoms with Crippen molar-refractivity contribution >= 4 is 11.7 Å². The molecule has 6 nitrogen and oxygen atoms in total. The maximum atomic E-state index is 12.4. The zero-order valence-corrected chi connectivity index (χ0v) is 15.6. The first-order chi connectivity index (χ1) is 12.7. The summed E-state index contributed by atoms with van der Waals surface area (Å²) in [6.07, 6.45) is 8.26. The van der Waals surface area contributed by atoms with Crippen LogP contribution >= 0.6 is 0 Å². The molecule has 2 N–H and O–H groups in total. The lowest BCUT2D eigenvalue weighted by Crippen LogP contribution is -2.35. The second-order valence-electron chi connectivity index (χ2n) is 6.94. The van der Waals surface area contributed by atoms with E-state index in [2.05, 4.69) is 27.9 Å². The Morgan fingerprint density at radius 1 is 1.23 bits per heavy atom. The fourth-order valence-electron chi connectivity index (χ4n) is 3.69. The number of aromatic nitrogens is 2. The third kappa shape index (κ3) is 4.64. The van der Waals surface area contributed by atoms with Crippen molar-refractivity contribution in [3.05, 3.63) is 47.8 Å². The highest BCUT2D eigenvalue weighted by Gasteiger charge is 2.18. The largest absolute Gasteiger partial charge is 0.382 e. The molecule has 1 fully saturated rings. The normalized spacial score (nSPS) is 16.2. The fraction of sp³-hybridized carbons (Fsp3) is 0.500. The predicted octanol–water partition coefficient (Wildman–Crippen LogP) is 3.98. The molecular formula is C20H28N4O2. The number of nitrogens with zero attached hydrogens (tertiary/aromatic N) is 2. The van der Waals surface area contributed by atoms with E-state index < -0.39 is 0 Å². The van der Waals surface area contributed by atoms with Gasteiger partial charge in [0, 0.05) is 26.0 Å². The Morgan fingerprint density at radius 2 is 1.96 bits per heavy atom. The van der Waals surface area contributed by atoms with E-state index in [0.717, 1.165) is 11.4 Å². The number of ether oxygens (including phenoxy) is 1. The van der Waals surface area contributed by atoms with Crippen LogP contribution in [0.5, 0.6) is 0 Å². The summed E-state index contributed by atoms with van der Waals surface area (Å²) in [7, 11) is 3.47. The Hall–Kier alpha value is -2.34. The van der Waals surface area contributed by atoms with Crippen molar-refractivity contribution < 1.29 is 9.53 Å². The van der Waals surface area contributed by atoms with E-state index >= 15 is 0 Å². The summed E-state index contributed by atoms with van der Waals surface area (Å²) in [6.45, 7) is 0.383. The SMILES string of the molecule is COC[C@H](NC(=O)Nc1ccc(C2CCCCC2)cc1)c1ccnn1C. The smallest absolute Gasteiger partial charge is 0.319 e. The van der Waals surface area contributed by atoms with Crippen molar-refractivity contribution in [3.63, 3.8) is 0 Å². The van der Waals surface area contributed by atoms with E-state index in [4.69, 9.17) is 4.74 Å². The molecule has 1 aromatic heterocycles. The second-order valence-corrected chi connectivity index (χ2v) is 6.94. The number of carbonyl (C=O) groups excluding carboxylic acids is 1. The van der Waals surface area contributed by atoms with Crippen LogP contribution in [0.4, 0.5) is 10.5 Å². The number of benzene rings is 1. The van der Waals surface area contributed by atoms with Crippen molar-refractivity contribution in [2.45, 2.75) is 44.1 Å². The Bertz CT molecular complexity index is 705. The zero-order valence-electron chi connectivity index (χ0n) is 15.6. The van der Waals surface area contributed by atoms with Gasteiger partial charge in [-0.25, -0.2) is 4.79 Å². The first-order valence-electron chi connectivity index (χ1n) is 9.31. The molecule has 1 saturated carbocycles. The van der Waals surface area contributed by atoms with Crippen LogP contribution in [0.2, 0.25) is 0 Å². The third-order valence-electron chi connectivity index (χ3n) is 5.10. The van der Waals surface area contributed by atoms with Crippen molar-refractivity contribution in [2.75, 3.05) is 19.0 Å². The Labute approximate surface area is 154 Å². The molecule has 26 heavy (non-hydrogen) atoms. The summed E-state index contributed by atoms with van der Waals surface area (Å²) < 4.78 is 6.97. The molecule has 0 radical (unpaired) electrons. The molecule has 0 bridgehead atoms. The lowest BCUT2D eigenvalue weighted by Gasteiger charge is -2.22. The van der Waals surface area contributed by atoms with E-state index in [1.165, 1.54) is 37.7 Å². The van der Waals surface area contributed by atoms with Gasteiger partial charge in [-0.2, -0.15) is 5.10 Å². The van der Waals surface area contributed by atoms with Gasteiger partial charge in [-0.3, -0.25) is 4.68 Å². The number of methoxy groups -OCH3 is 1. The summed E-state index contributed by atoms with van der Waals surface area (Å²) in [5.41, 5.74) is 3.07. The van der Waals surface area contributed by atoms with Gasteiger partial charge in [-0.15, -0.1) is 0 Å². The number of urea groups is 1. The molecule has 6 heteroatoms. The summed E-state index contributed by atoms with van der Waals surface area (Å²) in [5.74, 6) is 0.669. The number of amides is 2. The molecule has 0 saturated heterocycles. The molecule has 0 spiro atoms. The number of hydrogen-bond acceptors (Lipinski definition) is 3. The second kappa shape index (κ2) is 8.85. The minimum atomic E-state index is -0.256. The van der Waals surface area contributed by atoms with Gasteiger partial charge in [-0.05, 0) is 42.5 Å². The van der Waals surface area contributed by atoms with Crippen molar-refractivity contribution in [1.29, 1.82) is 0 Å². The molecule has 3 rings (SSSR count). The predicted molar refractivity (Wildman–Crippen MR) is 102 cm³/mol. The minimum Gasteiger partial charge on any atom is -0.382 e. The van der Waals surface area contributed by atoms with Crippen molar-refractivity contribution in [3.8, 4) is 0 Å². The van der Waals surface area contributed by atoms with Crippen LogP contribution in [0.25, 0.3) is 0 Å². The first-order valence-corrected chi connectivity index (χ1v) is 9.31. The van der Waals surface area contributed by atoms with Crippen LogP contribution in [0, 0.1) is 0 Å². The maximum absolute atomic E-state index is 12.4. The highest BCUT2D eigenvalue weighted by atomic mass is 16.5. The van der Waals surface area contributed by atoms with Crippen LogP contribution in [0.3, 0.4) is 0 Å². The molecule has 1 aliphatic carbocycles. The lowest BCUT2D eigenvalue weighted by atomic mass is 9.84. The highest BCUT2D eigenvalue weighted by Crippen LogP contribution is 2.32. The van der Waals surface area contributed by atoms with Crippen LogP contribution in [-0.2, 0) is 11.8 Å². The maximum Gasteiger partial charge on any atom is 0.319 e. The average Bonchev–Trinajstić information content (AvgIpc) is 3.08. The van der Waals surface area contributed by atoms with Gasteiger partial charge in [0.1, 0.15) is 0 Å². The van der Waals surface area contributed by atoms with Crippen molar-refractivity contribution in [1.82, 2.24) is 15.1 Å². The van der Waals surface area contributed by atoms with Gasteiger partial charge in [0.2, 0.25) is 0 Å². The third-order valence-corrected chi connectivity index (χ3v) is 5.10. The molecule has 1 aromatic carbocycles. The number of hydrogen-bond donors (Lipinski definition) is 2.